The summed E-state index contributed by atoms with van der Waals surface area (Å²) in [5.74, 6) is -1.12. The number of hydrogen-bond acceptors (Lipinski definition) is 1. The van der Waals surface area contributed by atoms with Crippen molar-refractivity contribution in [3.8, 4) is 11.1 Å². The molecule has 0 bridgehead atoms. The van der Waals surface area contributed by atoms with Crippen LogP contribution in [0.3, 0.4) is 0 Å². The lowest BCUT2D eigenvalue weighted by Gasteiger charge is -2.05. The van der Waals surface area contributed by atoms with Crippen LogP contribution >= 0.6 is 11.6 Å². The largest absolute Gasteiger partial charge is 0.298 e. The number of aldehydes is 1. The number of carbonyl (C=O) groups is 1. The van der Waals surface area contributed by atoms with Gasteiger partial charge in [0.25, 0.3) is 0 Å². The van der Waals surface area contributed by atoms with Crippen molar-refractivity contribution >= 4 is 17.9 Å². The van der Waals surface area contributed by atoms with Gasteiger partial charge in [-0.2, -0.15) is 0 Å². The molecule has 0 aliphatic carbocycles. The van der Waals surface area contributed by atoms with E-state index in [-0.39, 0.29) is 16.1 Å². The molecule has 2 rings (SSSR count). The Balaban J connectivity index is 2.56. The monoisotopic (exact) mass is 252 g/mol. The summed E-state index contributed by atoms with van der Waals surface area (Å²) >= 11 is 5.69. The summed E-state index contributed by atoms with van der Waals surface area (Å²) in [5.41, 5.74) is 0.774. The second-order valence-corrected chi connectivity index (χ2v) is 3.95. The third kappa shape index (κ3) is 2.50. The van der Waals surface area contributed by atoms with Gasteiger partial charge in [-0.25, -0.2) is 8.78 Å². The lowest BCUT2D eigenvalue weighted by Crippen LogP contribution is -1.89. The third-order valence-electron chi connectivity index (χ3n) is 2.30. The van der Waals surface area contributed by atoms with Crippen molar-refractivity contribution in [2.45, 2.75) is 0 Å². The molecule has 0 unspecified atom stereocenters. The molecule has 4 heteroatoms. The van der Waals surface area contributed by atoms with Crippen LogP contribution in [0.5, 0.6) is 0 Å². The lowest BCUT2D eigenvalue weighted by atomic mass is 10.0. The van der Waals surface area contributed by atoms with Crippen LogP contribution in [0.25, 0.3) is 11.1 Å². The zero-order valence-electron chi connectivity index (χ0n) is 8.58. The van der Waals surface area contributed by atoms with Crippen molar-refractivity contribution in [1.82, 2.24) is 0 Å². The van der Waals surface area contributed by atoms with Gasteiger partial charge in [0.05, 0.1) is 0 Å². The van der Waals surface area contributed by atoms with E-state index in [0.717, 1.165) is 12.1 Å². The molecule has 0 aliphatic rings. The first-order valence-electron chi connectivity index (χ1n) is 4.81. The van der Waals surface area contributed by atoms with E-state index in [1.54, 1.807) is 0 Å². The molecule has 86 valence electrons. The van der Waals surface area contributed by atoms with Gasteiger partial charge in [0.15, 0.2) is 0 Å². The van der Waals surface area contributed by atoms with Crippen molar-refractivity contribution in [1.29, 1.82) is 0 Å². The summed E-state index contributed by atoms with van der Waals surface area (Å²) in [4.78, 5) is 10.5. The molecular weight excluding hydrogens is 246 g/mol. The maximum atomic E-state index is 13.7. The number of rotatable bonds is 2. The highest BCUT2D eigenvalue weighted by Gasteiger charge is 2.08. The number of hydrogen-bond donors (Lipinski definition) is 0. The lowest BCUT2D eigenvalue weighted by molar-refractivity contribution is 0.112. The van der Waals surface area contributed by atoms with Gasteiger partial charge in [-0.05, 0) is 29.8 Å². The number of carbonyl (C=O) groups excluding carboxylic acids is 1. The quantitative estimate of drug-likeness (QED) is 0.736. The molecule has 1 nitrogen and oxygen atoms in total. The van der Waals surface area contributed by atoms with Gasteiger partial charge >= 0.3 is 0 Å². The Morgan fingerprint density at radius 1 is 1.06 bits per heavy atom. The van der Waals surface area contributed by atoms with Crippen LogP contribution in [0, 0.1) is 11.6 Å². The molecule has 17 heavy (non-hydrogen) atoms. The van der Waals surface area contributed by atoms with Crippen molar-refractivity contribution in [2.75, 3.05) is 0 Å². The smallest absolute Gasteiger partial charge is 0.150 e. The van der Waals surface area contributed by atoms with Gasteiger partial charge < -0.3 is 0 Å². The van der Waals surface area contributed by atoms with Crippen LogP contribution < -0.4 is 0 Å². The maximum Gasteiger partial charge on any atom is 0.150 e. The molecule has 2 aromatic carbocycles. The predicted octanol–water partition coefficient (Wildman–Crippen LogP) is 4.10. The van der Waals surface area contributed by atoms with Gasteiger partial charge in [0.2, 0.25) is 0 Å². The Morgan fingerprint density at radius 2 is 1.82 bits per heavy atom. The zero-order valence-corrected chi connectivity index (χ0v) is 9.34. The first kappa shape index (κ1) is 11.7. The predicted molar refractivity (Wildman–Crippen MR) is 62.2 cm³/mol. The van der Waals surface area contributed by atoms with Crippen molar-refractivity contribution in [3.63, 3.8) is 0 Å². The highest BCUT2D eigenvalue weighted by Crippen LogP contribution is 2.27. The summed E-state index contributed by atoms with van der Waals surface area (Å²) in [5, 5.41) is 0.193. The molecule has 0 saturated heterocycles. The van der Waals surface area contributed by atoms with E-state index in [0.29, 0.717) is 11.8 Å². The second kappa shape index (κ2) is 4.63. The first-order chi connectivity index (χ1) is 8.10. The van der Waals surface area contributed by atoms with Crippen LogP contribution in [0.2, 0.25) is 5.02 Å². The summed E-state index contributed by atoms with van der Waals surface area (Å²) in [6.45, 7) is 0. The molecule has 0 aromatic heterocycles. The first-order valence-corrected chi connectivity index (χ1v) is 5.19. The van der Waals surface area contributed by atoms with E-state index < -0.39 is 11.6 Å². The van der Waals surface area contributed by atoms with Gasteiger partial charge in [-0.15, -0.1) is 0 Å². The van der Waals surface area contributed by atoms with Crippen LogP contribution in [0.1, 0.15) is 10.4 Å². The fourth-order valence-corrected chi connectivity index (χ4v) is 1.77. The highest BCUT2D eigenvalue weighted by atomic mass is 35.5. The van der Waals surface area contributed by atoms with Crippen molar-refractivity contribution in [3.05, 3.63) is 58.6 Å². The van der Waals surface area contributed by atoms with E-state index in [2.05, 4.69) is 0 Å². The Kier molecular flexibility index (Phi) is 3.20. The van der Waals surface area contributed by atoms with Crippen LogP contribution in [-0.4, -0.2) is 6.29 Å². The minimum atomic E-state index is -0.587. The Morgan fingerprint density at radius 3 is 2.41 bits per heavy atom. The van der Waals surface area contributed by atoms with Gasteiger partial charge in [-0.3, -0.25) is 4.79 Å². The summed E-state index contributed by atoms with van der Waals surface area (Å²) < 4.78 is 26.8. The minimum absolute atomic E-state index is 0.193. The van der Waals surface area contributed by atoms with Gasteiger partial charge in [-0.1, -0.05) is 23.7 Å². The highest BCUT2D eigenvalue weighted by molar-refractivity contribution is 6.30. The molecule has 0 N–H and O–H groups in total. The van der Waals surface area contributed by atoms with E-state index in [4.69, 9.17) is 11.6 Å². The van der Waals surface area contributed by atoms with E-state index in [9.17, 15) is 13.6 Å². The van der Waals surface area contributed by atoms with Crippen molar-refractivity contribution in [2.24, 2.45) is 0 Å². The third-order valence-corrected chi connectivity index (χ3v) is 2.52. The van der Waals surface area contributed by atoms with E-state index in [1.165, 1.54) is 24.3 Å². The molecule has 0 amide bonds. The molecular formula is C13H7ClF2O. The molecule has 0 heterocycles. The summed E-state index contributed by atoms with van der Waals surface area (Å²) in [7, 11) is 0. The SMILES string of the molecule is O=Cc1ccc(-c2cc(F)cc(Cl)c2)c(F)c1. The zero-order chi connectivity index (χ0) is 12.4. The fraction of sp³-hybridized carbons (Fsp3) is 0. The topological polar surface area (TPSA) is 17.1 Å². The van der Waals surface area contributed by atoms with Crippen LogP contribution in [0.4, 0.5) is 8.78 Å². The van der Waals surface area contributed by atoms with Crippen LogP contribution in [0.15, 0.2) is 36.4 Å². The standard InChI is InChI=1S/C13H7ClF2O/c14-10-4-9(5-11(15)6-10)12-2-1-8(7-17)3-13(12)16/h1-7H. The second-order valence-electron chi connectivity index (χ2n) is 3.52. The maximum absolute atomic E-state index is 13.7. The molecule has 2 aromatic rings. The Bertz CT molecular complexity index is 561. The molecule has 0 radical (unpaired) electrons. The molecule has 0 saturated carbocycles. The number of halogens is 3. The van der Waals surface area contributed by atoms with Crippen molar-refractivity contribution < 1.29 is 13.6 Å². The number of benzene rings is 2. The molecule has 0 spiro atoms. The normalized spacial score (nSPS) is 10.3. The van der Waals surface area contributed by atoms with E-state index >= 15 is 0 Å². The van der Waals surface area contributed by atoms with Gasteiger partial charge in [0, 0.05) is 16.1 Å². The molecule has 0 atom stereocenters. The van der Waals surface area contributed by atoms with E-state index in [1.807, 2.05) is 0 Å². The van der Waals surface area contributed by atoms with Gasteiger partial charge in [0.1, 0.15) is 17.9 Å². The average Bonchev–Trinajstić information content (AvgIpc) is 2.27. The molecule has 0 fully saturated rings. The summed E-state index contributed by atoms with van der Waals surface area (Å²) in [6, 6.07) is 7.77. The summed E-state index contributed by atoms with van der Waals surface area (Å²) in [6.07, 6.45) is 0.547. The Labute approximate surface area is 102 Å². The van der Waals surface area contributed by atoms with Crippen LogP contribution in [-0.2, 0) is 0 Å². The Hall–Kier alpha value is -1.74. The molecule has 0 aliphatic heterocycles. The average molecular weight is 253 g/mol. The fourth-order valence-electron chi connectivity index (χ4n) is 1.55. The minimum Gasteiger partial charge on any atom is -0.298 e.